The fraction of sp³-hybridized carbons (Fsp3) is 0.500. The van der Waals surface area contributed by atoms with E-state index >= 15 is 0 Å². The smallest absolute Gasteiger partial charge is 0.435 e. The fourth-order valence-corrected chi connectivity index (χ4v) is 5.22. The van der Waals surface area contributed by atoms with E-state index in [4.69, 9.17) is 21.1 Å². The second-order valence-corrected chi connectivity index (χ2v) is 9.56. The summed E-state index contributed by atoms with van der Waals surface area (Å²) in [4.78, 5) is 26.2. The lowest BCUT2D eigenvalue weighted by molar-refractivity contribution is 0.0583. The standard InChI is InChI=1S/C28H37ClN2O4/c1-5-34-28(33)35-18-6-7-21-12-17-25(19(2)26(21)30-3)20-10-15-24(16-11-20)31(4)27(32)22-8-13-23(29)14-9-22/h8-9,12-14,17,20,24,30H,5-7,10-11,15-16,18H2,1-4H3. The van der Waals surface area contributed by atoms with Crippen molar-refractivity contribution in [2.45, 2.75) is 64.3 Å². The summed E-state index contributed by atoms with van der Waals surface area (Å²) in [5.74, 6) is 0.536. The van der Waals surface area contributed by atoms with Gasteiger partial charge in [0.2, 0.25) is 0 Å². The summed E-state index contributed by atoms with van der Waals surface area (Å²) in [5, 5.41) is 4.02. The topological polar surface area (TPSA) is 67.9 Å². The van der Waals surface area contributed by atoms with Crippen LogP contribution in [0.25, 0.3) is 0 Å². The molecule has 0 unspecified atom stereocenters. The highest BCUT2D eigenvalue weighted by Crippen LogP contribution is 2.39. The Morgan fingerprint density at radius 1 is 1.06 bits per heavy atom. The first-order valence-corrected chi connectivity index (χ1v) is 12.9. The molecular formula is C28H37ClN2O4. The van der Waals surface area contributed by atoms with Crippen molar-refractivity contribution in [1.82, 2.24) is 4.90 Å². The number of nitrogens with zero attached hydrogens (tertiary/aromatic N) is 1. The molecule has 0 spiro atoms. The van der Waals surface area contributed by atoms with E-state index in [0.29, 0.717) is 29.7 Å². The minimum absolute atomic E-state index is 0.0510. The van der Waals surface area contributed by atoms with Crippen molar-refractivity contribution < 1.29 is 19.1 Å². The largest absolute Gasteiger partial charge is 0.508 e. The highest BCUT2D eigenvalue weighted by Gasteiger charge is 2.29. The van der Waals surface area contributed by atoms with Gasteiger partial charge in [-0.25, -0.2) is 4.79 Å². The van der Waals surface area contributed by atoms with Crippen molar-refractivity contribution in [1.29, 1.82) is 0 Å². The van der Waals surface area contributed by atoms with E-state index in [1.807, 2.05) is 19.0 Å². The molecular weight excluding hydrogens is 464 g/mol. The van der Waals surface area contributed by atoms with E-state index in [9.17, 15) is 9.59 Å². The number of nitrogens with one attached hydrogen (secondary N) is 1. The number of ether oxygens (including phenoxy) is 2. The second kappa shape index (κ2) is 12.8. The van der Waals surface area contributed by atoms with Crippen molar-refractivity contribution in [3.8, 4) is 0 Å². The number of rotatable bonds is 9. The maximum absolute atomic E-state index is 12.9. The third-order valence-electron chi connectivity index (χ3n) is 7.01. The van der Waals surface area contributed by atoms with E-state index in [0.717, 1.165) is 44.2 Å². The third kappa shape index (κ3) is 6.91. The summed E-state index contributed by atoms with van der Waals surface area (Å²) in [7, 11) is 3.87. The number of amides is 1. The fourth-order valence-electron chi connectivity index (χ4n) is 5.10. The molecule has 2 aromatic carbocycles. The molecule has 0 aliphatic heterocycles. The van der Waals surface area contributed by atoms with Crippen molar-refractivity contribution in [2.24, 2.45) is 0 Å². The van der Waals surface area contributed by atoms with Gasteiger partial charge >= 0.3 is 6.16 Å². The summed E-state index contributed by atoms with van der Waals surface area (Å²) < 4.78 is 9.89. The van der Waals surface area contributed by atoms with Crippen molar-refractivity contribution in [3.05, 3.63) is 63.7 Å². The molecule has 35 heavy (non-hydrogen) atoms. The van der Waals surface area contributed by atoms with Crippen LogP contribution in [0.2, 0.25) is 5.02 Å². The SMILES string of the molecule is CCOC(=O)OCCCc1ccc(C2CCC(N(C)C(=O)c3ccc(Cl)cc3)CC2)c(C)c1NC. The first kappa shape index (κ1) is 26.9. The molecule has 1 aliphatic rings. The van der Waals surface area contributed by atoms with Gasteiger partial charge in [0.25, 0.3) is 5.91 Å². The Bertz CT molecular complexity index is 1000. The summed E-state index contributed by atoms with van der Waals surface area (Å²) in [6.07, 6.45) is 5.04. The maximum Gasteiger partial charge on any atom is 0.508 e. The molecule has 0 bridgehead atoms. The van der Waals surface area contributed by atoms with Crippen LogP contribution in [0.4, 0.5) is 10.5 Å². The Kier molecular flexibility index (Phi) is 9.84. The van der Waals surface area contributed by atoms with Crippen molar-refractivity contribution >= 4 is 29.4 Å². The molecule has 2 aromatic rings. The quantitative estimate of drug-likeness (QED) is 0.310. The van der Waals surface area contributed by atoms with Crippen LogP contribution >= 0.6 is 11.6 Å². The Labute approximate surface area is 213 Å². The normalized spacial score (nSPS) is 17.5. The minimum atomic E-state index is -0.607. The zero-order valence-electron chi connectivity index (χ0n) is 21.2. The zero-order chi connectivity index (χ0) is 25.4. The monoisotopic (exact) mass is 500 g/mol. The predicted octanol–water partition coefficient (Wildman–Crippen LogP) is 6.59. The molecule has 1 N–H and O–H groups in total. The maximum atomic E-state index is 12.9. The van der Waals surface area contributed by atoms with Gasteiger partial charge in [-0.1, -0.05) is 23.7 Å². The number of aryl methyl sites for hydroxylation is 1. The molecule has 0 saturated heterocycles. The van der Waals surface area contributed by atoms with Gasteiger partial charge in [-0.05, 0) is 99.2 Å². The molecule has 1 saturated carbocycles. The molecule has 0 heterocycles. The van der Waals surface area contributed by atoms with Gasteiger partial charge in [-0.2, -0.15) is 0 Å². The summed E-state index contributed by atoms with van der Waals surface area (Å²) in [6, 6.07) is 11.8. The molecule has 190 valence electrons. The van der Waals surface area contributed by atoms with Gasteiger partial charge in [0, 0.05) is 36.4 Å². The second-order valence-electron chi connectivity index (χ2n) is 9.13. The van der Waals surface area contributed by atoms with E-state index < -0.39 is 6.16 Å². The van der Waals surface area contributed by atoms with Crippen LogP contribution in [0.3, 0.4) is 0 Å². The number of hydrogen-bond donors (Lipinski definition) is 1. The Morgan fingerprint density at radius 3 is 2.37 bits per heavy atom. The Hall–Kier alpha value is -2.73. The highest BCUT2D eigenvalue weighted by atomic mass is 35.5. The number of carbonyl (C=O) groups is 2. The third-order valence-corrected chi connectivity index (χ3v) is 7.26. The molecule has 1 fully saturated rings. The molecule has 6 nitrogen and oxygen atoms in total. The van der Waals surface area contributed by atoms with Gasteiger partial charge in [0.1, 0.15) is 0 Å². The first-order valence-electron chi connectivity index (χ1n) is 12.5. The van der Waals surface area contributed by atoms with Crippen LogP contribution < -0.4 is 5.32 Å². The molecule has 1 amide bonds. The molecule has 0 atom stereocenters. The number of anilines is 1. The van der Waals surface area contributed by atoms with Crippen molar-refractivity contribution in [2.75, 3.05) is 32.6 Å². The van der Waals surface area contributed by atoms with Crippen LogP contribution in [-0.4, -0.2) is 50.3 Å². The Balaban J connectivity index is 1.58. The van der Waals surface area contributed by atoms with Gasteiger partial charge in [-0.3, -0.25) is 4.79 Å². The molecule has 0 aromatic heterocycles. The molecule has 1 aliphatic carbocycles. The van der Waals surface area contributed by atoms with Crippen LogP contribution in [0, 0.1) is 6.92 Å². The van der Waals surface area contributed by atoms with E-state index in [-0.39, 0.29) is 11.9 Å². The van der Waals surface area contributed by atoms with Gasteiger partial charge in [-0.15, -0.1) is 0 Å². The lowest BCUT2D eigenvalue weighted by Gasteiger charge is -2.35. The van der Waals surface area contributed by atoms with E-state index in [2.05, 4.69) is 24.4 Å². The van der Waals surface area contributed by atoms with Crippen LogP contribution in [0.1, 0.15) is 72.0 Å². The van der Waals surface area contributed by atoms with Gasteiger partial charge < -0.3 is 19.7 Å². The number of hydrogen-bond acceptors (Lipinski definition) is 5. The lowest BCUT2D eigenvalue weighted by Crippen LogP contribution is -2.39. The molecule has 3 rings (SSSR count). The average molecular weight is 501 g/mol. The van der Waals surface area contributed by atoms with Crippen molar-refractivity contribution in [3.63, 3.8) is 0 Å². The number of benzene rings is 2. The predicted molar refractivity (Wildman–Crippen MR) is 141 cm³/mol. The summed E-state index contributed by atoms with van der Waals surface area (Å²) >= 11 is 5.96. The molecule has 7 heteroatoms. The Morgan fingerprint density at radius 2 is 1.74 bits per heavy atom. The van der Waals surface area contributed by atoms with Crippen LogP contribution in [0.5, 0.6) is 0 Å². The van der Waals surface area contributed by atoms with Crippen LogP contribution in [-0.2, 0) is 15.9 Å². The zero-order valence-corrected chi connectivity index (χ0v) is 22.0. The first-order chi connectivity index (χ1) is 16.8. The van der Waals surface area contributed by atoms with Crippen LogP contribution in [0.15, 0.2) is 36.4 Å². The summed E-state index contributed by atoms with van der Waals surface area (Å²) in [6.45, 7) is 4.60. The number of halogens is 1. The average Bonchev–Trinajstić information content (AvgIpc) is 2.86. The van der Waals surface area contributed by atoms with Gasteiger partial charge in [0.15, 0.2) is 0 Å². The van der Waals surface area contributed by atoms with E-state index in [1.165, 1.54) is 16.7 Å². The van der Waals surface area contributed by atoms with E-state index in [1.54, 1.807) is 31.2 Å². The number of carbonyl (C=O) groups excluding carboxylic acids is 2. The summed E-state index contributed by atoms with van der Waals surface area (Å²) in [5.41, 5.74) is 5.73. The highest BCUT2D eigenvalue weighted by molar-refractivity contribution is 6.30. The minimum Gasteiger partial charge on any atom is -0.435 e. The van der Waals surface area contributed by atoms with Gasteiger partial charge in [0.05, 0.1) is 13.2 Å². The molecule has 0 radical (unpaired) electrons. The lowest BCUT2D eigenvalue weighted by atomic mass is 9.79.